The van der Waals surface area contributed by atoms with Gasteiger partial charge in [0.05, 0.1) is 19.5 Å². The third kappa shape index (κ3) is 6.65. The summed E-state index contributed by atoms with van der Waals surface area (Å²) in [7, 11) is -11.0. The second-order valence-corrected chi connectivity index (χ2v) is 12.7. The molecule has 240 valence electrons. The zero-order valence-corrected chi connectivity index (χ0v) is 24.0. The van der Waals surface area contributed by atoms with Gasteiger partial charge in [-0.15, -0.1) is 0 Å². The molecule has 2 aliphatic rings. The molecule has 23 heteroatoms. The number of pyridine rings is 1. The number of phosphoric acid groups is 2. The van der Waals surface area contributed by atoms with Gasteiger partial charge in [-0.25, -0.2) is 23.8 Å². The second kappa shape index (κ2) is 12.4. The van der Waals surface area contributed by atoms with E-state index in [4.69, 9.17) is 20.9 Å². The van der Waals surface area contributed by atoms with E-state index in [-0.39, 0.29) is 22.5 Å². The molecule has 5 rings (SSSR count). The summed E-state index contributed by atoms with van der Waals surface area (Å²) in [6.07, 6.45) is -7.05. The van der Waals surface area contributed by atoms with Gasteiger partial charge < -0.3 is 55.7 Å². The number of fused-ring (bicyclic) bond motifs is 1. The van der Waals surface area contributed by atoms with Crippen LogP contribution in [0, 0.1) is 0 Å². The molecule has 0 saturated carbocycles. The summed E-state index contributed by atoms with van der Waals surface area (Å²) in [5.74, 6) is -0.729. The molecule has 2 fully saturated rings. The first kappa shape index (κ1) is 32.4. The number of aliphatic hydroxyl groups excluding tert-OH is 4. The van der Waals surface area contributed by atoms with Gasteiger partial charge in [0.1, 0.15) is 47.9 Å². The summed E-state index contributed by atoms with van der Waals surface area (Å²) in [6, 6.07) is 2.82. The number of imidazole rings is 1. The minimum absolute atomic E-state index is 0.0446. The molecule has 44 heavy (non-hydrogen) atoms. The SMILES string of the molecule is NC(=O)c1ccc[n+]([C@H]2O[C@H](COP(=O)([O-])OP(=O)(O)OC[C@H]3O[C@H](n4cnc5c(N)ncnc54)[C@H](O)[C@@H]3O)[C@@H](O)[C@H]2O)c1. The fourth-order valence-corrected chi connectivity index (χ4v) is 6.62. The number of anilines is 1. The number of carbonyl (C=O) groups is 1. The molecule has 1 amide bonds. The third-order valence-electron chi connectivity index (χ3n) is 6.74. The monoisotopic (exact) mass is 663 g/mol. The van der Waals surface area contributed by atoms with Crippen molar-refractivity contribution >= 4 is 38.5 Å². The highest BCUT2D eigenvalue weighted by atomic mass is 31.3. The van der Waals surface area contributed by atoms with Crippen LogP contribution in [-0.2, 0) is 32.0 Å². The molecule has 3 aromatic rings. The Morgan fingerprint density at radius 2 is 1.73 bits per heavy atom. The van der Waals surface area contributed by atoms with Gasteiger partial charge in [-0.2, -0.15) is 4.57 Å². The Kier molecular flexibility index (Phi) is 9.13. The number of carbonyl (C=O) groups excluding carboxylic acids is 1. The van der Waals surface area contributed by atoms with Crippen LogP contribution in [0.5, 0.6) is 0 Å². The van der Waals surface area contributed by atoms with E-state index in [0.29, 0.717) is 0 Å². The molecule has 0 radical (unpaired) electrons. The highest BCUT2D eigenvalue weighted by molar-refractivity contribution is 7.60. The van der Waals surface area contributed by atoms with Gasteiger partial charge in [0.25, 0.3) is 20.0 Å². The van der Waals surface area contributed by atoms with Crippen LogP contribution in [0.2, 0.25) is 0 Å². The summed E-state index contributed by atoms with van der Waals surface area (Å²) in [5.41, 5.74) is 11.4. The average Bonchev–Trinajstić information content (AvgIpc) is 3.61. The molecule has 9 N–H and O–H groups in total. The van der Waals surface area contributed by atoms with E-state index < -0.39 is 83.8 Å². The predicted molar refractivity (Wildman–Crippen MR) is 137 cm³/mol. The van der Waals surface area contributed by atoms with E-state index in [0.717, 1.165) is 6.33 Å². The number of ether oxygens (including phenoxy) is 2. The van der Waals surface area contributed by atoms with Gasteiger partial charge in [-0.1, -0.05) is 0 Å². The van der Waals surface area contributed by atoms with Crippen LogP contribution in [0.15, 0.2) is 37.2 Å². The molecule has 0 spiro atoms. The molecule has 3 aromatic heterocycles. The molecule has 0 bridgehead atoms. The van der Waals surface area contributed by atoms with Crippen LogP contribution in [0.3, 0.4) is 0 Å². The second-order valence-electron chi connectivity index (χ2n) is 9.67. The van der Waals surface area contributed by atoms with Crippen LogP contribution < -0.4 is 20.9 Å². The quantitative estimate of drug-likeness (QED) is 0.0768. The highest BCUT2D eigenvalue weighted by Crippen LogP contribution is 2.58. The Labute approximate surface area is 246 Å². The Morgan fingerprint density at radius 1 is 1.05 bits per heavy atom. The van der Waals surface area contributed by atoms with Crippen molar-refractivity contribution < 1.29 is 71.5 Å². The number of nitrogens with zero attached hydrogens (tertiary/aromatic N) is 5. The van der Waals surface area contributed by atoms with Crippen LogP contribution >= 0.6 is 15.6 Å². The fraction of sp³-hybridized carbons (Fsp3) is 0.476. The van der Waals surface area contributed by atoms with Gasteiger partial charge in [-0.3, -0.25) is 18.5 Å². The number of rotatable bonds is 11. The van der Waals surface area contributed by atoms with E-state index in [9.17, 15) is 44.1 Å². The normalized spacial score (nSPS) is 31.6. The van der Waals surface area contributed by atoms with Crippen LogP contribution in [-0.4, -0.2) is 101 Å². The van der Waals surface area contributed by atoms with Crippen molar-refractivity contribution in [3.05, 3.63) is 42.7 Å². The summed E-state index contributed by atoms with van der Waals surface area (Å²) in [4.78, 5) is 45.5. The smallest absolute Gasteiger partial charge is 0.478 e. The average molecular weight is 663 g/mol. The maximum absolute atomic E-state index is 12.4. The first-order chi connectivity index (χ1) is 20.7. The van der Waals surface area contributed by atoms with Crippen LogP contribution in [0.1, 0.15) is 22.8 Å². The van der Waals surface area contributed by atoms with Crippen molar-refractivity contribution in [1.82, 2.24) is 19.5 Å². The molecular formula is C21H27N7O14P2. The zero-order chi connectivity index (χ0) is 32.0. The molecule has 2 saturated heterocycles. The topological polar surface area (TPSA) is 321 Å². The molecule has 5 heterocycles. The maximum Gasteiger partial charge on any atom is 0.478 e. The Balaban J connectivity index is 1.16. The van der Waals surface area contributed by atoms with E-state index >= 15 is 0 Å². The van der Waals surface area contributed by atoms with Crippen LogP contribution in [0.4, 0.5) is 5.82 Å². The lowest BCUT2D eigenvalue weighted by Gasteiger charge is -2.26. The van der Waals surface area contributed by atoms with Gasteiger partial charge in [0.2, 0.25) is 0 Å². The van der Waals surface area contributed by atoms with Crippen molar-refractivity contribution in [2.24, 2.45) is 5.73 Å². The number of aromatic nitrogens is 5. The van der Waals surface area contributed by atoms with E-state index in [1.807, 2.05) is 0 Å². The fourth-order valence-electron chi connectivity index (χ4n) is 4.57. The number of hydrogen-bond donors (Lipinski definition) is 7. The van der Waals surface area contributed by atoms with E-state index in [2.05, 4.69) is 28.3 Å². The number of aliphatic hydroxyl groups is 4. The lowest BCUT2D eigenvalue weighted by molar-refractivity contribution is -0.765. The Morgan fingerprint density at radius 3 is 2.45 bits per heavy atom. The standard InChI is InChI=1S/C21H27N7O14P2/c22-17-12-19(25-7-24-17)28(8-26-12)21-16(32)14(30)11(41-21)6-39-44(36,37)42-43(34,35)38-5-10-13(29)15(31)20(40-10)27-3-1-2-9(4-27)18(23)33/h1-4,7-8,10-11,13-16,20-21,29-32H,5-6H2,(H5-,22,23,24,25,33,34,35,36,37)/t10-,11-,13-,14-,15-,16-,20+,21+/m1/s1. The number of nitrogens with two attached hydrogens (primary N) is 2. The van der Waals surface area contributed by atoms with Crippen molar-refractivity contribution in [2.75, 3.05) is 18.9 Å². The first-order valence-corrected chi connectivity index (χ1v) is 15.5. The molecular weight excluding hydrogens is 636 g/mol. The largest absolute Gasteiger partial charge is 0.756 e. The number of nitrogen functional groups attached to an aromatic ring is 1. The van der Waals surface area contributed by atoms with Gasteiger partial charge in [0.15, 0.2) is 36.2 Å². The van der Waals surface area contributed by atoms with Crippen LogP contribution in [0.25, 0.3) is 11.2 Å². The van der Waals surface area contributed by atoms with Gasteiger partial charge in [0, 0.05) is 6.07 Å². The maximum atomic E-state index is 12.4. The molecule has 2 aliphatic heterocycles. The Bertz CT molecular complexity index is 1630. The lowest BCUT2D eigenvalue weighted by Crippen LogP contribution is -2.46. The lowest BCUT2D eigenvalue weighted by atomic mass is 10.1. The van der Waals surface area contributed by atoms with Gasteiger partial charge >= 0.3 is 7.82 Å². The van der Waals surface area contributed by atoms with Crippen molar-refractivity contribution in [3.8, 4) is 0 Å². The van der Waals surface area contributed by atoms with Crippen molar-refractivity contribution in [1.29, 1.82) is 0 Å². The predicted octanol–water partition coefficient (Wildman–Crippen LogP) is -3.65. The first-order valence-electron chi connectivity index (χ1n) is 12.6. The minimum atomic E-state index is -5.62. The highest BCUT2D eigenvalue weighted by Gasteiger charge is 2.49. The van der Waals surface area contributed by atoms with E-state index in [1.165, 1.54) is 40.0 Å². The summed E-state index contributed by atoms with van der Waals surface area (Å²) in [5, 5.41) is 41.6. The minimum Gasteiger partial charge on any atom is -0.756 e. The van der Waals surface area contributed by atoms with E-state index in [1.54, 1.807) is 0 Å². The number of primary amides is 1. The third-order valence-corrected chi connectivity index (χ3v) is 9.30. The van der Waals surface area contributed by atoms with Crippen molar-refractivity contribution in [2.45, 2.75) is 49.1 Å². The summed E-state index contributed by atoms with van der Waals surface area (Å²) in [6.45, 7) is -1.89. The zero-order valence-electron chi connectivity index (χ0n) is 22.2. The molecule has 0 aromatic carbocycles. The number of amides is 1. The summed E-state index contributed by atoms with van der Waals surface area (Å²) < 4.78 is 51.5. The van der Waals surface area contributed by atoms with Gasteiger partial charge in [-0.05, 0) is 6.07 Å². The molecule has 10 atom stereocenters. The van der Waals surface area contributed by atoms with Crippen molar-refractivity contribution in [3.63, 3.8) is 0 Å². The number of phosphoric ester groups is 2. The Hall–Kier alpha value is -3.01. The summed E-state index contributed by atoms with van der Waals surface area (Å²) >= 11 is 0. The molecule has 0 aliphatic carbocycles. The molecule has 21 nitrogen and oxygen atoms in total. The molecule has 2 unspecified atom stereocenters. The number of hydrogen-bond acceptors (Lipinski definition) is 17.